The molecule has 0 heterocycles. The van der Waals surface area contributed by atoms with Crippen molar-refractivity contribution in [1.29, 1.82) is 0 Å². The zero-order valence-electron chi connectivity index (χ0n) is 31.5. The minimum atomic E-state index is -1.59. The van der Waals surface area contributed by atoms with Crippen LogP contribution in [0.3, 0.4) is 0 Å². The zero-order chi connectivity index (χ0) is 41.1. The molecule has 0 aliphatic carbocycles. The Kier molecular flexibility index (Phi) is 20.9. The summed E-state index contributed by atoms with van der Waals surface area (Å²) in [6.07, 6.45) is 1.57. The highest BCUT2D eigenvalue weighted by atomic mass is 32.2. The van der Waals surface area contributed by atoms with E-state index in [1.54, 1.807) is 44.2 Å². The third-order valence-electron chi connectivity index (χ3n) is 8.07. The largest absolute Gasteiger partial charge is 0.481 e. The van der Waals surface area contributed by atoms with Gasteiger partial charge in [-0.05, 0) is 49.2 Å². The maximum absolute atomic E-state index is 13.7. The first-order valence-electron chi connectivity index (χ1n) is 17.5. The van der Waals surface area contributed by atoms with Crippen LogP contribution >= 0.6 is 11.8 Å². The summed E-state index contributed by atoms with van der Waals surface area (Å²) in [5.41, 5.74) is 11.7. The maximum atomic E-state index is 13.7. The van der Waals surface area contributed by atoms with Crippen LogP contribution in [0.2, 0.25) is 0 Å². The molecule has 0 saturated carbocycles. The molecule has 19 heteroatoms. The number of thioether (sulfide) groups is 1. The summed E-state index contributed by atoms with van der Waals surface area (Å²) in [5, 5.41) is 33.8. The van der Waals surface area contributed by atoms with Crippen molar-refractivity contribution in [2.24, 2.45) is 23.3 Å². The van der Waals surface area contributed by atoms with Crippen LogP contribution in [0.1, 0.15) is 59.4 Å². The van der Waals surface area contributed by atoms with Crippen LogP contribution < -0.4 is 43.4 Å². The first-order valence-corrected chi connectivity index (χ1v) is 18.9. The predicted molar refractivity (Wildman–Crippen MR) is 201 cm³/mol. The van der Waals surface area contributed by atoms with E-state index in [-0.39, 0.29) is 18.8 Å². The smallest absolute Gasteiger partial charge is 0.305 e. The number of benzene rings is 1. The maximum Gasteiger partial charge on any atom is 0.305 e. The molecule has 0 aromatic heterocycles. The Balaban J connectivity index is 3.15. The van der Waals surface area contributed by atoms with Gasteiger partial charge < -0.3 is 53.6 Å². The van der Waals surface area contributed by atoms with Crippen LogP contribution in [-0.2, 0) is 44.8 Å². The predicted octanol–water partition coefficient (Wildman–Crippen LogP) is -2.11. The van der Waals surface area contributed by atoms with Gasteiger partial charge in [0.1, 0.15) is 36.3 Å². The molecule has 0 unspecified atom stereocenters. The highest BCUT2D eigenvalue weighted by Crippen LogP contribution is 2.10. The highest BCUT2D eigenvalue weighted by Gasteiger charge is 2.34. The van der Waals surface area contributed by atoms with Crippen molar-refractivity contribution in [2.75, 3.05) is 18.6 Å². The molecule has 1 aromatic carbocycles. The molecule has 0 fully saturated rings. The Hall–Kier alpha value is -4.75. The molecule has 12 N–H and O–H groups in total. The van der Waals surface area contributed by atoms with Crippen LogP contribution in [0.15, 0.2) is 30.3 Å². The fraction of sp³-hybridized carbons (Fsp3) is 0.600. The Morgan fingerprint density at radius 3 is 1.76 bits per heavy atom. The molecule has 1 aromatic rings. The molecule has 0 aliphatic heterocycles. The first-order chi connectivity index (χ1) is 25.3. The number of amides is 7. The molecule has 0 bridgehead atoms. The van der Waals surface area contributed by atoms with E-state index in [0.717, 1.165) is 0 Å². The molecule has 0 spiro atoms. The lowest BCUT2D eigenvalue weighted by Crippen LogP contribution is -2.61. The Morgan fingerprint density at radius 2 is 1.24 bits per heavy atom. The van der Waals surface area contributed by atoms with Gasteiger partial charge in [0, 0.05) is 6.42 Å². The fourth-order valence-corrected chi connectivity index (χ4v) is 5.51. The number of nitrogens with two attached hydrogens (primary N) is 2. The van der Waals surface area contributed by atoms with Gasteiger partial charge in [0.25, 0.3) is 0 Å². The van der Waals surface area contributed by atoms with E-state index in [1.807, 2.05) is 20.1 Å². The lowest BCUT2D eigenvalue weighted by Gasteiger charge is -2.28. The topological polar surface area (TPSA) is 301 Å². The molecule has 54 heavy (non-hydrogen) atoms. The number of carbonyl (C=O) groups excluding carboxylic acids is 7. The van der Waals surface area contributed by atoms with E-state index >= 15 is 0 Å². The van der Waals surface area contributed by atoms with Crippen molar-refractivity contribution < 1.29 is 48.6 Å². The quantitative estimate of drug-likeness (QED) is 0.0540. The summed E-state index contributed by atoms with van der Waals surface area (Å²) in [5.74, 6) is -6.90. The minimum absolute atomic E-state index is 0.0348. The number of nitrogens with one attached hydrogen (secondary N) is 6. The van der Waals surface area contributed by atoms with E-state index < -0.39 is 109 Å². The van der Waals surface area contributed by atoms with Crippen molar-refractivity contribution in [3.05, 3.63) is 35.9 Å². The lowest BCUT2D eigenvalue weighted by atomic mass is 10.00. The van der Waals surface area contributed by atoms with Gasteiger partial charge in [-0.1, -0.05) is 58.0 Å². The van der Waals surface area contributed by atoms with E-state index in [0.29, 0.717) is 17.7 Å². The van der Waals surface area contributed by atoms with Gasteiger partial charge in [0.2, 0.25) is 41.4 Å². The zero-order valence-corrected chi connectivity index (χ0v) is 32.4. The molecule has 0 saturated heterocycles. The Morgan fingerprint density at radius 1 is 0.704 bits per heavy atom. The van der Waals surface area contributed by atoms with Crippen molar-refractivity contribution in [3.63, 3.8) is 0 Å². The van der Waals surface area contributed by atoms with Crippen molar-refractivity contribution in [3.8, 4) is 0 Å². The molecular formula is C35H56N8O10S. The normalized spacial score (nSPS) is 15.0. The number of carboxylic acid groups (broad SMARTS) is 1. The number of aliphatic hydroxyl groups excluding tert-OH is 1. The Bertz CT molecular complexity index is 1450. The minimum Gasteiger partial charge on any atom is -0.481 e. The van der Waals surface area contributed by atoms with Crippen LogP contribution in [0, 0.1) is 11.8 Å². The van der Waals surface area contributed by atoms with E-state index in [2.05, 4.69) is 31.9 Å². The number of aliphatic carboxylic acids is 1. The molecule has 1 rings (SSSR count). The number of hydrogen-bond donors (Lipinski definition) is 10. The number of hydrogen-bond acceptors (Lipinski definition) is 11. The van der Waals surface area contributed by atoms with Crippen molar-refractivity contribution in [1.82, 2.24) is 31.9 Å². The summed E-state index contributed by atoms with van der Waals surface area (Å²) in [6.45, 7) is 7.47. The third-order valence-corrected chi connectivity index (χ3v) is 8.72. The van der Waals surface area contributed by atoms with Crippen LogP contribution in [0.5, 0.6) is 0 Å². The van der Waals surface area contributed by atoms with Crippen molar-refractivity contribution in [2.45, 2.75) is 103 Å². The lowest BCUT2D eigenvalue weighted by molar-refractivity contribution is -0.140. The van der Waals surface area contributed by atoms with Gasteiger partial charge in [-0.25, -0.2) is 0 Å². The number of primary amides is 1. The SMILES string of the molecule is CSCC[C@H](NC(=O)[C@H](CC(C)C)NC(=O)[C@H](C)NC(=O)[C@@H](NC(=O)[C@H](Cc1ccccc1)NC(=O)[C@H](CO)NC(=O)[C@@H](N)CC(=O)O)C(C)C)C(N)=O. The van der Waals surface area contributed by atoms with Crippen molar-refractivity contribution >= 4 is 59.1 Å². The average Bonchev–Trinajstić information content (AvgIpc) is 3.09. The van der Waals surface area contributed by atoms with Crippen LogP contribution in [0.4, 0.5) is 0 Å². The van der Waals surface area contributed by atoms with E-state index in [4.69, 9.17) is 16.6 Å². The van der Waals surface area contributed by atoms with Gasteiger partial charge in [0.05, 0.1) is 19.1 Å². The summed E-state index contributed by atoms with van der Waals surface area (Å²) >= 11 is 1.48. The number of carboxylic acids is 1. The molecule has 7 atom stereocenters. The number of rotatable bonds is 24. The molecule has 7 amide bonds. The average molecular weight is 781 g/mol. The molecule has 0 radical (unpaired) electrons. The second-order valence-corrected chi connectivity index (χ2v) is 14.6. The van der Waals surface area contributed by atoms with Crippen LogP contribution in [-0.4, -0.2) is 118 Å². The van der Waals surface area contributed by atoms with Crippen LogP contribution in [0.25, 0.3) is 0 Å². The first kappa shape index (κ1) is 47.3. The monoisotopic (exact) mass is 780 g/mol. The standard InChI is InChI=1S/C35H56N8O10S/c1-18(2)14-24(32(50)39-23(29(37)47)12-13-54-6)40-30(48)20(5)38-35(53)28(19(3)4)43-33(51)25(15-21-10-8-7-9-11-21)41-34(52)26(17-44)42-31(49)22(36)16-27(45)46/h7-11,18-20,22-26,28,44H,12-17,36H2,1-6H3,(H2,37,47)(H,38,53)(H,39,50)(H,40,48)(H,41,52)(H,42,49)(H,43,51)(H,45,46)/t20-,22-,23-,24-,25-,26-,28-/m0/s1. The summed E-state index contributed by atoms with van der Waals surface area (Å²) in [7, 11) is 0. The van der Waals surface area contributed by atoms with Gasteiger partial charge in [-0.3, -0.25) is 38.4 Å². The van der Waals surface area contributed by atoms with Gasteiger partial charge in [-0.2, -0.15) is 11.8 Å². The second-order valence-electron chi connectivity index (χ2n) is 13.6. The highest BCUT2D eigenvalue weighted by molar-refractivity contribution is 7.98. The molecule has 0 aliphatic rings. The molecule has 18 nitrogen and oxygen atoms in total. The summed E-state index contributed by atoms with van der Waals surface area (Å²) < 4.78 is 0. The van der Waals surface area contributed by atoms with Gasteiger partial charge in [-0.15, -0.1) is 0 Å². The second kappa shape index (κ2) is 23.8. The number of aliphatic hydroxyl groups is 1. The van der Waals surface area contributed by atoms with E-state index in [1.165, 1.54) is 18.7 Å². The fourth-order valence-electron chi connectivity index (χ4n) is 5.04. The Labute approximate surface area is 319 Å². The number of carbonyl (C=O) groups is 8. The van der Waals surface area contributed by atoms with E-state index in [9.17, 15) is 43.5 Å². The van der Waals surface area contributed by atoms with Gasteiger partial charge in [0.15, 0.2) is 0 Å². The summed E-state index contributed by atoms with van der Waals surface area (Å²) in [6, 6.07) is -0.253. The summed E-state index contributed by atoms with van der Waals surface area (Å²) in [4.78, 5) is 102. The van der Waals surface area contributed by atoms with Gasteiger partial charge >= 0.3 is 5.97 Å². The molecule has 302 valence electrons. The third kappa shape index (κ3) is 16.9. The molecular weight excluding hydrogens is 724 g/mol.